The van der Waals surface area contributed by atoms with Gasteiger partial charge in [0.2, 0.25) is 0 Å². The second-order valence-corrected chi connectivity index (χ2v) is 11.2. The summed E-state index contributed by atoms with van der Waals surface area (Å²) in [6, 6.07) is 58.5. The number of anilines is 2. The van der Waals surface area contributed by atoms with Crippen molar-refractivity contribution in [3.05, 3.63) is 202 Å². The largest absolute Gasteiger partial charge is 0.307 e. The van der Waals surface area contributed by atoms with E-state index in [1.807, 2.05) is 30.3 Å². The highest BCUT2D eigenvalue weighted by Crippen LogP contribution is 2.59. The van der Waals surface area contributed by atoms with Crippen molar-refractivity contribution in [1.29, 1.82) is 0 Å². The van der Waals surface area contributed by atoms with Gasteiger partial charge in [0.15, 0.2) is 5.66 Å². The van der Waals surface area contributed by atoms with Crippen molar-refractivity contribution in [2.45, 2.75) is 5.66 Å². The number of nitrogens with zero attached hydrogens (tertiary/aromatic N) is 2. The Morgan fingerprint density at radius 3 is 1.40 bits per heavy atom. The second-order valence-electron chi connectivity index (χ2n) is 10.4. The molecular formula is C39H28Cl2N2. The van der Waals surface area contributed by atoms with E-state index in [1.54, 1.807) is 0 Å². The maximum atomic E-state index is 7.27. The van der Waals surface area contributed by atoms with E-state index in [9.17, 15) is 0 Å². The number of rotatable bonds is 6. The van der Waals surface area contributed by atoms with E-state index < -0.39 is 5.66 Å². The van der Waals surface area contributed by atoms with E-state index >= 15 is 0 Å². The predicted molar refractivity (Wildman–Crippen MR) is 181 cm³/mol. The van der Waals surface area contributed by atoms with Gasteiger partial charge in [-0.15, -0.1) is 0 Å². The summed E-state index contributed by atoms with van der Waals surface area (Å²) in [6.07, 6.45) is 0. The normalized spacial score (nSPS) is 16.5. The molecular weight excluding hydrogens is 567 g/mol. The molecule has 0 aliphatic carbocycles. The molecule has 0 fully saturated rings. The van der Waals surface area contributed by atoms with Gasteiger partial charge in [-0.05, 0) is 30.3 Å². The Hall–Kier alpha value is -4.76. The van der Waals surface area contributed by atoms with Crippen LogP contribution in [0, 0.1) is 0 Å². The molecule has 1 aliphatic heterocycles. The minimum absolute atomic E-state index is 0.644. The van der Waals surface area contributed by atoms with E-state index in [0.29, 0.717) is 10.0 Å². The lowest BCUT2D eigenvalue weighted by Gasteiger charge is -2.48. The summed E-state index contributed by atoms with van der Waals surface area (Å²) in [5.41, 5.74) is 7.11. The van der Waals surface area contributed by atoms with Crippen LogP contribution in [0.3, 0.4) is 0 Å². The third-order valence-electron chi connectivity index (χ3n) is 7.95. The first-order chi connectivity index (χ1) is 21.2. The van der Waals surface area contributed by atoms with Gasteiger partial charge in [-0.3, -0.25) is 0 Å². The van der Waals surface area contributed by atoms with E-state index in [0.717, 1.165) is 45.0 Å². The smallest absolute Gasteiger partial charge is 0.176 e. The Kier molecular flexibility index (Phi) is 7.24. The van der Waals surface area contributed by atoms with Crippen LogP contribution in [0.5, 0.6) is 0 Å². The molecule has 1 unspecified atom stereocenters. The molecule has 0 N–H and O–H groups in total. The van der Waals surface area contributed by atoms with Crippen LogP contribution in [-0.4, -0.2) is 0 Å². The molecule has 0 saturated carbocycles. The highest BCUT2D eigenvalue weighted by atomic mass is 35.5. The molecule has 6 aromatic rings. The summed E-state index contributed by atoms with van der Waals surface area (Å²) in [4.78, 5) is 4.82. The molecule has 4 heteroatoms. The third kappa shape index (κ3) is 4.51. The van der Waals surface area contributed by atoms with Gasteiger partial charge >= 0.3 is 0 Å². The van der Waals surface area contributed by atoms with Gasteiger partial charge in [0, 0.05) is 33.0 Å². The summed E-state index contributed by atoms with van der Waals surface area (Å²) in [7, 11) is 0. The first-order valence-electron chi connectivity index (χ1n) is 14.3. The van der Waals surface area contributed by atoms with Crippen LogP contribution in [0.25, 0.3) is 11.4 Å². The third-order valence-corrected chi connectivity index (χ3v) is 8.60. The summed E-state index contributed by atoms with van der Waals surface area (Å²) in [5, 5.41) is 1.30. The topological polar surface area (TPSA) is 6.48 Å². The molecule has 0 spiro atoms. The second kappa shape index (κ2) is 11.5. The molecule has 0 amide bonds. The Bertz CT molecular complexity index is 1890. The molecule has 7 rings (SSSR count). The van der Waals surface area contributed by atoms with Crippen LogP contribution < -0.4 is 9.80 Å². The lowest BCUT2D eigenvalue weighted by molar-refractivity contribution is 0.559. The monoisotopic (exact) mass is 594 g/mol. The van der Waals surface area contributed by atoms with Gasteiger partial charge in [0.05, 0.1) is 22.1 Å². The van der Waals surface area contributed by atoms with Crippen LogP contribution in [-0.2, 0) is 5.66 Å². The standard InChI is InChI=1S/C39H28Cl2N2/c40-34-26-14-13-25-33(34)39(31-21-9-3-10-22-31)42(32-23-11-4-12-24-32)37(29-17-5-1-6-18-29)38(30-19-7-2-8-20-30)43(39)36-28-16-15-27-35(36)41/h1-28H. The van der Waals surface area contributed by atoms with Gasteiger partial charge in [-0.2, -0.15) is 0 Å². The summed E-state index contributed by atoms with van der Waals surface area (Å²) in [6.45, 7) is 0. The van der Waals surface area contributed by atoms with Crippen LogP contribution in [0.4, 0.5) is 11.4 Å². The van der Waals surface area contributed by atoms with Crippen LogP contribution >= 0.6 is 23.2 Å². The van der Waals surface area contributed by atoms with Crippen molar-refractivity contribution >= 4 is 46.0 Å². The Morgan fingerprint density at radius 2 is 0.837 bits per heavy atom. The Morgan fingerprint density at radius 1 is 0.395 bits per heavy atom. The fraction of sp³-hybridized carbons (Fsp3) is 0.0256. The lowest BCUT2D eigenvalue weighted by Crippen LogP contribution is -2.53. The number of hydrogen-bond acceptors (Lipinski definition) is 2. The zero-order valence-electron chi connectivity index (χ0n) is 23.3. The van der Waals surface area contributed by atoms with E-state index in [2.05, 4.69) is 149 Å². The molecule has 1 atom stereocenters. The van der Waals surface area contributed by atoms with Gasteiger partial charge in [-0.25, -0.2) is 0 Å². The predicted octanol–water partition coefficient (Wildman–Crippen LogP) is 10.7. The van der Waals surface area contributed by atoms with Gasteiger partial charge in [0.25, 0.3) is 0 Å². The lowest BCUT2D eigenvalue weighted by atomic mass is 9.87. The molecule has 208 valence electrons. The van der Waals surface area contributed by atoms with Crippen LogP contribution in [0.15, 0.2) is 170 Å². The zero-order chi connectivity index (χ0) is 29.2. The highest BCUT2D eigenvalue weighted by Gasteiger charge is 2.56. The van der Waals surface area contributed by atoms with E-state index in [1.165, 1.54) is 0 Å². The summed E-state index contributed by atoms with van der Waals surface area (Å²) < 4.78 is 0. The molecule has 1 aliphatic rings. The maximum absolute atomic E-state index is 7.27. The quantitative estimate of drug-likeness (QED) is 0.189. The molecule has 0 aromatic heterocycles. The fourth-order valence-electron chi connectivity index (χ4n) is 6.25. The molecule has 6 aromatic carbocycles. The molecule has 1 heterocycles. The summed E-state index contributed by atoms with van der Waals surface area (Å²) in [5.74, 6) is 0. The molecule has 0 bridgehead atoms. The van der Waals surface area contributed by atoms with Crippen molar-refractivity contribution in [1.82, 2.24) is 0 Å². The molecule has 2 nitrogen and oxygen atoms in total. The molecule has 0 radical (unpaired) electrons. The van der Waals surface area contributed by atoms with E-state index in [-0.39, 0.29) is 0 Å². The number of benzene rings is 6. The zero-order valence-corrected chi connectivity index (χ0v) is 24.8. The number of hydrogen-bond donors (Lipinski definition) is 0. The maximum Gasteiger partial charge on any atom is 0.176 e. The number of halogens is 2. The minimum Gasteiger partial charge on any atom is -0.307 e. The Labute approximate surface area is 262 Å². The van der Waals surface area contributed by atoms with Crippen LogP contribution in [0.1, 0.15) is 22.3 Å². The van der Waals surface area contributed by atoms with Gasteiger partial charge in [-0.1, -0.05) is 163 Å². The fourth-order valence-corrected chi connectivity index (χ4v) is 6.74. The van der Waals surface area contributed by atoms with Crippen molar-refractivity contribution < 1.29 is 0 Å². The minimum atomic E-state index is -0.970. The Balaban J connectivity index is 1.75. The van der Waals surface area contributed by atoms with E-state index in [4.69, 9.17) is 23.2 Å². The van der Waals surface area contributed by atoms with Crippen molar-refractivity contribution in [2.75, 3.05) is 9.80 Å². The highest BCUT2D eigenvalue weighted by molar-refractivity contribution is 6.34. The average molecular weight is 596 g/mol. The summed E-state index contributed by atoms with van der Waals surface area (Å²) >= 11 is 14.4. The molecule has 43 heavy (non-hydrogen) atoms. The first kappa shape index (κ1) is 27.1. The van der Waals surface area contributed by atoms with Crippen molar-refractivity contribution in [2.24, 2.45) is 0 Å². The van der Waals surface area contributed by atoms with Gasteiger partial charge < -0.3 is 9.80 Å². The van der Waals surface area contributed by atoms with Crippen molar-refractivity contribution in [3.63, 3.8) is 0 Å². The van der Waals surface area contributed by atoms with Crippen LogP contribution in [0.2, 0.25) is 10.0 Å². The van der Waals surface area contributed by atoms with Crippen molar-refractivity contribution in [3.8, 4) is 0 Å². The SMILES string of the molecule is Clc1ccccc1N1C(c2ccccc2)=C(c2ccccc2)N(c2ccccc2)C1(c1ccccc1)c1ccccc1Cl. The molecule has 0 saturated heterocycles. The van der Waals surface area contributed by atoms with Gasteiger partial charge in [0.1, 0.15) is 0 Å². The number of para-hydroxylation sites is 2. The average Bonchev–Trinajstić information content (AvgIpc) is 3.39. The first-order valence-corrected chi connectivity index (χ1v) is 15.0.